The number of esters is 1. The van der Waals surface area contributed by atoms with Crippen LogP contribution < -0.4 is 16.0 Å². The van der Waals surface area contributed by atoms with Crippen LogP contribution in [-0.4, -0.2) is 44.0 Å². The van der Waals surface area contributed by atoms with E-state index in [9.17, 15) is 14.4 Å². The van der Waals surface area contributed by atoms with Crippen LogP contribution in [0.5, 0.6) is 0 Å². The molecule has 1 aromatic rings. The van der Waals surface area contributed by atoms with Gasteiger partial charge in [0, 0.05) is 6.54 Å². The number of nitrogens with one attached hydrogen (secondary N) is 3. The molecule has 1 atom stereocenters. The van der Waals surface area contributed by atoms with E-state index in [4.69, 9.17) is 0 Å². The molecule has 0 aromatic carbocycles. The number of hydrogen-bond acceptors (Lipinski definition) is 6. The topological polar surface area (TPSA) is 96.5 Å². The monoisotopic (exact) mass is 283 g/mol. The van der Waals surface area contributed by atoms with Gasteiger partial charge in [-0.1, -0.05) is 0 Å². The zero-order chi connectivity index (χ0) is 13.8. The zero-order valence-electron chi connectivity index (χ0n) is 10.2. The van der Waals surface area contributed by atoms with E-state index in [1.807, 2.05) is 0 Å². The largest absolute Gasteiger partial charge is 0.465 e. The number of amides is 2. The number of anilines is 1. The summed E-state index contributed by atoms with van der Waals surface area (Å²) in [5.41, 5.74) is 0.417. The predicted molar refractivity (Wildman–Crippen MR) is 69.1 cm³/mol. The summed E-state index contributed by atoms with van der Waals surface area (Å²) >= 11 is 1.19. The van der Waals surface area contributed by atoms with Crippen LogP contribution in [0.2, 0.25) is 0 Å². The first-order chi connectivity index (χ1) is 9.11. The number of ether oxygens (including phenoxy) is 1. The molecule has 1 unspecified atom stereocenters. The van der Waals surface area contributed by atoms with E-state index in [0.29, 0.717) is 10.6 Å². The van der Waals surface area contributed by atoms with Gasteiger partial charge < -0.3 is 15.4 Å². The van der Waals surface area contributed by atoms with E-state index in [2.05, 4.69) is 20.7 Å². The third-order valence-corrected chi connectivity index (χ3v) is 3.52. The quantitative estimate of drug-likeness (QED) is 0.654. The number of piperazine rings is 1. The average molecular weight is 283 g/mol. The lowest BCUT2D eigenvalue weighted by atomic mass is 10.2. The molecule has 1 aliphatic heterocycles. The van der Waals surface area contributed by atoms with Gasteiger partial charge in [0.1, 0.15) is 10.9 Å². The summed E-state index contributed by atoms with van der Waals surface area (Å²) in [5, 5.41) is 9.74. The summed E-state index contributed by atoms with van der Waals surface area (Å²) in [6.07, 6.45) is 0. The van der Waals surface area contributed by atoms with Gasteiger partial charge in [0.15, 0.2) is 0 Å². The molecule has 0 saturated carbocycles. The smallest absolute Gasteiger partial charge is 0.350 e. The Morgan fingerprint density at radius 2 is 2.32 bits per heavy atom. The summed E-state index contributed by atoms with van der Waals surface area (Å²) < 4.78 is 4.62. The van der Waals surface area contributed by atoms with Crippen molar-refractivity contribution in [2.75, 3.05) is 25.5 Å². The van der Waals surface area contributed by atoms with Gasteiger partial charge in [0.05, 0.1) is 19.3 Å². The van der Waals surface area contributed by atoms with E-state index < -0.39 is 12.0 Å². The fraction of sp³-hybridized carbons (Fsp3) is 0.364. The van der Waals surface area contributed by atoms with Gasteiger partial charge in [0.2, 0.25) is 11.8 Å². The highest BCUT2D eigenvalue weighted by molar-refractivity contribution is 7.12. The van der Waals surface area contributed by atoms with Crippen molar-refractivity contribution in [1.29, 1.82) is 0 Å². The Morgan fingerprint density at radius 1 is 1.53 bits per heavy atom. The number of thiophene rings is 1. The maximum atomic E-state index is 12.0. The van der Waals surface area contributed by atoms with Crippen molar-refractivity contribution in [1.82, 2.24) is 10.6 Å². The van der Waals surface area contributed by atoms with Gasteiger partial charge in [-0.3, -0.25) is 14.9 Å². The third kappa shape index (κ3) is 3.09. The molecule has 2 heterocycles. The molecular formula is C11H13N3O4S. The summed E-state index contributed by atoms with van der Waals surface area (Å²) in [6, 6.07) is 1.12. The van der Waals surface area contributed by atoms with Crippen LogP contribution >= 0.6 is 11.3 Å². The highest BCUT2D eigenvalue weighted by Crippen LogP contribution is 2.23. The van der Waals surface area contributed by atoms with Gasteiger partial charge in [-0.05, 0) is 11.4 Å². The van der Waals surface area contributed by atoms with Crippen molar-refractivity contribution in [3.63, 3.8) is 0 Å². The maximum absolute atomic E-state index is 12.0. The molecule has 0 bridgehead atoms. The normalized spacial score (nSPS) is 18.6. The Hall–Kier alpha value is -1.93. The Labute approximate surface area is 113 Å². The summed E-state index contributed by atoms with van der Waals surface area (Å²) in [5.74, 6) is -0.936. The van der Waals surface area contributed by atoms with Gasteiger partial charge in [-0.15, -0.1) is 11.3 Å². The summed E-state index contributed by atoms with van der Waals surface area (Å²) in [4.78, 5) is 34.7. The second-order valence-corrected chi connectivity index (χ2v) is 4.80. The standard InChI is InChI=1S/C11H13N3O4S/c1-18-11(17)9-6(2-3-19-9)14-10(16)7-4-13-8(15)5-12-7/h2-3,7,12H,4-5H2,1H3,(H,13,15)(H,14,16). The number of carbonyl (C=O) groups excluding carboxylic acids is 3. The molecule has 1 aliphatic rings. The van der Waals surface area contributed by atoms with Crippen LogP contribution in [0.15, 0.2) is 11.4 Å². The highest BCUT2D eigenvalue weighted by atomic mass is 32.1. The molecule has 3 N–H and O–H groups in total. The van der Waals surface area contributed by atoms with Crippen LogP contribution in [0.3, 0.4) is 0 Å². The minimum absolute atomic E-state index is 0.103. The molecule has 19 heavy (non-hydrogen) atoms. The first-order valence-electron chi connectivity index (χ1n) is 5.58. The van der Waals surface area contributed by atoms with Crippen LogP contribution in [0.1, 0.15) is 9.67 Å². The number of rotatable bonds is 3. The first-order valence-corrected chi connectivity index (χ1v) is 6.46. The fourth-order valence-electron chi connectivity index (χ4n) is 1.63. The maximum Gasteiger partial charge on any atom is 0.350 e. The Balaban J connectivity index is 2.01. The zero-order valence-corrected chi connectivity index (χ0v) is 11.0. The second-order valence-electron chi connectivity index (χ2n) is 3.88. The molecule has 1 aromatic heterocycles. The highest BCUT2D eigenvalue weighted by Gasteiger charge is 2.25. The van der Waals surface area contributed by atoms with Crippen molar-refractivity contribution in [3.8, 4) is 0 Å². The SMILES string of the molecule is COC(=O)c1sccc1NC(=O)C1CNC(=O)CN1. The van der Waals surface area contributed by atoms with Gasteiger partial charge in [0.25, 0.3) is 0 Å². The lowest BCUT2D eigenvalue weighted by Gasteiger charge is -2.23. The van der Waals surface area contributed by atoms with Crippen molar-refractivity contribution in [2.45, 2.75) is 6.04 Å². The molecular weight excluding hydrogens is 270 g/mol. The molecule has 102 valence electrons. The lowest BCUT2D eigenvalue weighted by molar-refractivity contribution is -0.124. The summed E-state index contributed by atoms with van der Waals surface area (Å²) in [7, 11) is 1.28. The fourth-order valence-corrected chi connectivity index (χ4v) is 2.40. The minimum Gasteiger partial charge on any atom is -0.465 e. The van der Waals surface area contributed by atoms with Crippen LogP contribution in [0.25, 0.3) is 0 Å². The molecule has 0 radical (unpaired) electrons. The van der Waals surface area contributed by atoms with Gasteiger partial charge >= 0.3 is 5.97 Å². The lowest BCUT2D eigenvalue weighted by Crippen LogP contribution is -2.56. The second kappa shape index (κ2) is 5.81. The van der Waals surface area contributed by atoms with Crippen molar-refractivity contribution in [3.05, 3.63) is 16.3 Å². The van der Waals surface area contributed by atoms with Gasteiger partial charge in [-0.2, -0.15) is 0 Å². The van der Waals surface area contributed by atoms with Crippen molar-refractivity contribution < 1.29 is 19.1 Å². The minimum atomic E-state index is -0.511. The Bertz CT molecular complexity index is 504. The number of carbonyl (C=O) groups is 3. The summed E-state index contributed by atoms with van der Waals surface area (Å²) in [6.45, 7) is 0.327. The molecule has 0 aliphatic carbocycles. The third-order valence-electron chi connectivity index (χ3n) is 2.62. The predicted octanol–water partition coefficient (Wildman–Crippen LogP) is -0.439. The molecule has 1 saturated heterocycles. The first kappa shape index (κ1) is 13.5. The molecule has 7 nitrogen and oxygen atoms in total. The van der Waals surface area contributed by atoms with Crippen LogP contribution in [0, 0.1) is 0 Å². The van der Waals surface area contributed by atoms with Gasteiger partial charge in [-0.25, -0.2) is 4.79 Å². The molecule has 2 amide bonds. The molecule has 0 spiro atoms. The number of methoxy groups -OCH3 is 1. The van der Waals surface area contributed by atoms with E-state index in [-0.39, 0.29) is 24.9 Å². The van der Waals surface area contributed by atoms with E-state index in [0.717, 1.165) is 0 Å². The molecule has 2 rings (SSSR count). The van der Waals surface area contributed by atoms with E-state index >= 15 is 0 Å². The van der Waals surface area contributed by atoms with Crippen LogP contribution in [0.4, 0.5) is 5.69 Å². The average Bonchev–Trinajstić information content (AvgIpc) is 2.86. The Kier molecular flexibility index (Phi) is 4.13. The molecule has 8 heteroatoms. The van der Waals surface area contributed by atoms with Crippen molar-refractivity contribution in [2.24, 2.45) is 0 Å². The Morgan fingerprint density at radius 3 is 2.95 bits per heavy atom. The van der Waals surface area contributed by atoms with E-state index in [1.54, 1.807) is 11.4 Å². The van der Waals surface area contributed by atoms with Crippen LogP contribution in [-0.2, 0) is 14.3 Å². The van der Waals surface area contributed by atoms with E-state index in [1.165, 1.54) is 18.4 Å². The van der Waals surface area contributed by atoms with Crippen molar-refractivity contribution >= 4 is 34.8 Å². The molecule has 1 fully saturated rings. The number of hydrogen-bond donors (Lipinski definition) is 3.